The van der Waals surface area contributed by atoms with E-state index < -0.39 is 23.5 Å². The number of ether oxygens (including phenoxy) is 1. The molecule has 4 aromatic rings. The number of pyridine rings is 1. The number of fused-ring (bicyclic) bond motifs is 1. The summed E-state index contributed by atoms with van der Waals surface area (Å²) in [6.07, 6.45) is 1.93. The summed E-state index contributed by atoms with van der Waals surface area (Å²) in [7, 11) is 1.60. The van der Waals surface area contributed by atoms with Crippen molar-refractivity contribution in [3.8, 4) is 21.7 Å². The van der Waals surface area contributed by atoms with Crippen LogP contribution in [0.4, 0.5) is 13.6 Å². The van der Waals surface area contributed by atoms with E-state index in [4.69, 9.17) is 16.3 Å². The molecule has 0 aliphatic heterocycles. The molecule has 0 fully saturated rings. The van der Waals surface area contributed by atoms with E-state index in [1.165, 1.54) is 28.5 Å². The van der Waals surface area contributed by atoms with Crippen molar-refractivity contribution in [2.24, 2.45) is 0 Å². The van der Waals surface area contributed by atoms with Crippen LogP contribution in [0, 0.1) is 11.8 Å². The van der Waals surface area contributed by atoms with Gasteiger partial charge in [-0.15, -0.1) is 11.3 Å². The minimum atomic E-state index is -0.652. The number of thiophene rings is 1. The normalized spacial score (nSPS) is 11.6. The number of rotatable bonds is 4. The lowest BCUT2D eigenvalue weighted by Gasteiger charge is -2.25. The molecule has 0 unspecified atom stereocenters. The molecule has 6 nitrogen and oxygen atoms in total. The highest BCUT2D eigenvalue weighted by Crippen LogP contribution is 2.40. The molecule has 0 N–H and O–H groups in total. The lowest BCUT2D eigenvalue weighted by atomic mass is 10.00. The van der Waals surface area contributed by atoms with Crippen LogP contribution in [0.1, 0.15) is 26.3 Å². The summed E-state index contributed by atoms with van der Waals surface area (Å²) in [5, 5.41) is 0.771. The molecule has 0 aliphatic rings. The maximum atomic E-state index is 14.4. The van der Waals surface area contributed by atoms with Crippen LogP contribution in [0.5, 0.6) is 0 Å². The van der Waals surface area contributed by atoms with Crippen LogP contribution in [0.2, 0.25) is 5.28 Å². The highest BCUT2D eigenvalue weighted by atomic mass is 35.5. The molecule has 0 bridgehead atoms. The highest BCUT2D eigenvalue weighted by molar-refractivity contribution is 7.22. The number of halogens is 3. The quantitative estimate of drug-likeness (QED) is 0.229. The molecular weight excluding hydrogens is 482 g/mol. The third-order valence-corrected chi connectivity index (χ3v) is 6.22. The number of benzene rings is 1. The van der Waals surface area contributed by atoms with Gasteiger partial charge >= 0.3 is 6.09 Å². The second kappa shape index (κ2) is 9.23. The van der Waals surface area contributed by atoms with Gasteiger partial charge in [0.15, 0.2) is 5.82 Å². The van der Waals surface area contributed by atoms with E-state index in [1.54, 1.807) is 33.9 Å². The average molecular weight is 503 g/mol. The van der Waals surface area contributed by atoms with Crippen molar-refractivity contribution in [1.82, 2.24) is 19.9 Å². The minimum absolute atomic E-state index is 0.0576. The van der Waals surface area contributed by atoms with Gasteiger partial charge in [0.25, 0.3) is 0 Å². The summed E-state index contributed by atoms with van der Waals surface area (Å²) in [5.41, 5.74) is 1.38. The standard InChI is InChI=1S/C24H21ClF2N4O2S/c1-24(2,3)33-23(32)31(4)12-14-10-28-19(27)9-16(14)15-7-5-6-13-8-18(34-21(13)15)20-17(26)11-29-22(25)30-20/h5-11H,12H2,1-4H3. The first-order valence-corrected chi connectivity index (χ1v) is 11.5. The lowest BCUT2D eigenvalue weighted by molar-refractivity contribution is 0.0285. The molecule has 10 heteroatoms. The predicted molar refractivity (Wildman–Crippen MR) is 129 cm³/mol. The van der Waals surface area contributed by atoms with Gasteiger partial charge in [0.05, 0.1) is 17.6 Å². The van der Waals surface area contributed by atoms with Crippen LogP contribution >= 0.6 is 22.9 Å². The molecule has 176 valence electrons. The Morgan fingerprint density at radius 3 is 2.65 bits per heavy atom. The van der Waals surface area contributed by atoms with Crippen LogP contribution in [0.25, 0.3) is 31.8 Å². The van der Waals surface area contributed by atoms with Crippen molar-refractivity contribution >= 4 is 39.1 Å². The monoisotopic (exact) mass is 502 g/mol. The van der Waals surface area contributed by atoms with Crippen LogP contribution in [-0.2, 0) is 11.3 Å². The van der Waals surface area contributed by atoms with Crippen LogP contribution in [0.15, 0.2) is 42.7 Å². The summed E-state index contributed by atoms with van der Waals surface area (Å²) in [5.74, 6) is -1.24. The number of amides is 1. The molecule has 0 saturated carbocycles. The van der Waals surface area contributed by atoms with Crippen molar-refractivity contribution < 1.29 is 18.3 Å². The number of nitrogens with zero attached hydrogens (tertiary/aromatic N) is 4. The van der Waals surface area contributed by atoms with Crippen LogP contribution < -0.4 is 0 Å². The van der Waals surface area contributed by atoms with Gasteiger partial charge in [-0.05, 0) is 55.0 Å². The van der Waals surface area contributed by atoms with Gasteiger partial charge in [-0.3, -0.25) is 0 Å². The third-order valence-electron chi connectivity index (χ3n) is 4.85. The van der Waals surface area contributed by atoms with Gasteiger partial charge in [-0.25, -0.2) is 24.1 Å². The fraction of sp³-hybridized carbons (Fsp3) is 0.250. The van der Waals surface area contributed by atoms with Gasteiger partial charge in [0, 0.05) is 29.6 Å². The van der Waals surface area contributed by atoms with Crippen molar-refractivity contribution in [1.29, 1.82) is 0 Å². The largest absolute Gasteiger partial charge is 0.444 e. The van der Waals surface area contributed by atoms with E-state index in [1.807, 2.05) is 18.2 Å². The van der Waals surface area contributed by atoms with E-state index in [9.17, 15) is 13.6 Å². The second-order valence-electron chi connectivity index (χ2n) is 8.67. The predicted octanol–water partition coefficient (Wildman–Crippen LogP) is 6.72. The second-order valence-corrected chi connectivity index (χ2v) is 10.1. The Hall–Kier alpha value is -3.17. The highest BCUT2D eigenvalue weighted by Gasteiger charge is 2.22. The number of carbonyl (C=O) groups is 1. The van der Waals surface area contributed by atoms with Crippen molar-refractivity contribution in [2.75, 3.05) is 7.05 Å². The van der Waals surface area contributed by atoms with Gasteiger partial charge in [0.1, 0.15) is 11.3 Å². The Morgan fingerprint density at radius 2 is 1.91 bits per heavy atom. The van der Waals surface area contributed by atoms with Crippen molar-refractivity contribution in [3.63, 3.8) is 0 Å². The van der Waals surface area contributed by atoms with Gasteiger partial charge < -0.3 is 9.64 Å². The molecule has 0 spiro atoms. The summed E-state index contributed by atoms with van der Waals surface area (Å²) in [6.45, 7) is 5.51. The van der Waals surface area contributed by atoms with E-state index in [0.717, 1.165) is 21.8 Å². The molecule has 4 rings (SSSR count). The van der Waals surface area contributed by atoms with Crippen molar-refractivity contribution in [3.05, 3.63) is 65.3 Å². The Balaban J connectivity index is 1.77. The molecule has 0 radical (unpaired) electrons. The zero-order chi connectivity index (χ0) is 24.6. The van der Waals surface area contributed by atoms with E-state index in [0.29, 0.717) is 16.0 Å². The molecule has 0 saturated heterocycles. The van der Waals surface area contributed by atoms with E-state index in [-0.39, 0.29) is 17.5 Å². The maximum Gasteiger partial charge on any atom is 0.410 e. The molecule has 0 aliphatic carbocycles. The van der Waals surface area contributed by atoms with E-state index in [2.05, 4.69) is 15.0 Å². The number of hydrogen-bond acceptors (Lipinski definition) is 6. The Labute approximate surface area is 204 Å². The molecule has 0 atom stereocenters. The first-order chi connectivity index (χ1) is 16.0. The van der Waals surface area contributed by atoms with E-state index >= 15 is 0 Å². The van der Waals surface area contributed by atoms with Gasteiger partial charge in [-0.2, -0.15) is 4.39 Å². The summed E-state index contributed by atoms with van der Waals surface area (Å²) >= 11 is 7.17. The Bertz CT molecular complexity index is 1390. The number of carbonyl (C=O) groups excluding carboxylic acids is 1. The molecule has 3 aromatic heterocycles. The maximum absolute atomic E-state index is 14.4. The first-order valence-electron chi connectivity index (χ1n) is 10.3. The SMILES string of the molecule is CN(Cc1cnc(F)cc1-c1cccc2cc(-c3nc(Cl)ncc3F)sc12)C(=O)OC(C)(C)C. The van der Waals surface area contributed by atoms with Crippen LogP contribution in [0.3, 0.4) is 0 Å². The Morgan fingerprint density at radius 1 is 1.15 bits per heavy atom. The molecule has 1 aromatic carbocycles. The summed E-state index contributed by atoms with van der Waals surface area (Å²) in [4.78, 5) is 25.9. The number of hydrogen-bond donors (Lipinski definition) is 0. The smallest absolute Gasteiger partial charge is 0.410 e. The average Bonchev–Trinajstić information content (AvgIpc) is 3.19. The molecule has 34 heavy (non-hydrogen) atoms. The zero-order valence-corrected chi connectivity index (χ0v) is 20.5. The van der Waals surface area contributed by atoms with Gasteiger partial charge in [0.2, 0.25) is 11.2 Å². The van der Waals surface area contributed by atoms with Crippen LogP contribution in [-0.4, -0.2) is 38.6 Å². The topological polar surface area (TPSA) is 68.2 Å². The first kappa shape index (κ1) is 24.0. The minimum Gasteiger partial charge on any atom is -0.444 e. The Kier molecular flexibility index (Phi) is 6.51. The summed E-state index contributed by atoms with van der Waals surface area (Å²) in [6, 6.07) is 8.68. The number of aromatic nitrogens is 3. The molecule has 3 heterocycles. The zero-order valence-electron chi connectivity index (χ0n) is 18.9. The third kappa shape index (κ3) is 5.15. The fourth-order valence-corrected chi connectivity index (χ4v) is 4.72. The van der Waals surface area contributed by atoms with Gasteiger partial charge in [-0.1, -0.05) is 18.2 Å². The van der Waals surface area contributed by atoms with Crippen molar-refractivity contribution in [2.45, 2.75) is 32.9 Å². The lowest BCUT2D eigenvalue weighted by Crippen LogP contribution is -2.34. The summed E-state index contributed by atoms with van der Waals surface area (Å²) < 4.78 is 34.8. The molecule has 1 amide bonds. The fourth-order valence-electron chi connectivity index (χ4n) is 3.41. The molecular formula is C24H21ClF2N4O2S.